The predicted octanol–water partition coefficient (Wildman–Crippen LogP) is 2.36. The molecule has 0 aliphatic heterocycles. The summed E-state index contributed by atoms with van der Waals surface area (Å²) < 4.78 is 0. The average molecular weight is 226 g/mol. The molecular weight excluding hydrogens is 218 g/mol. The smallest absolute Gasteiger partial charge is 0.174 e. The molecule has 0 atom stereocenters. The maximum absolute atomic E-state index is 5.77. The van der Waals surface area contributed by atoms with E-state index < -0.39 is 0 Å². The first-order valence-corrected chi connectivity index (χ1v) is 5.31. The van der Waals surface area contributed by atoms with Gasteiger partial charge in [-0.25, -0.2) is 0 Å². The Morgan fingerprint density at radius 1 is 1.50 bits per heavy atom. The molecule has 0 amide bonds. The minimum atomic E-state index is 0.277. The van der Waals surface area contributed by atoms with Crippen molar-refractivity contribution in [3.63, 3.8) is 0 Å². The first-order chi connectivity index (χ1) is 6.77. The number of hydrogen-bond donors (Lipinski definition) is 1. The van der Waals surface area contributed by atoms with Crippen LogP contribution in [0.4, 0.5) is 5.69 Å². The summed E-state index contributed by atoms with van der Waals surface area (Å²) in [5.41, 5.74) is 7.22. The Balaban J connectivity index is 2.29. The van der Waals surface area contributed by atoms with Gasteiger partial charge in [0.1, 0.15) is 0 Å². The van der Waals surface area contributed by atoms with Crippen molar-refractivity contribution in [2.45, 2.75) is 6.42 Å². The molecule has 14 heavy (non-hydrogen) atoms. The van der Waals surface area contributed by atoms with Crippen LogP contribution in [0.1, 0.15) is 10.4 Å². The highest BCUT2D eigenvalue weighted by Gasteiger charge is 2.06. The van der Waals surface area contributed by atoms with E-state index >= 15 is 0 Å². The number of rotatable bonds is 2. The fraction of sp³-hybridized carbons (Fsp3) is 0.111. The second-order valence-electron chi connectivity index (χ2n) is 2.83. The Bertz CT molecular complexity index is 428. The zero-order chi connectivity index (χ0) is 9.97. The van der Waals surface area contributed by atoms with Gasteiger partial charge in [0.2, 0.25) is 0 Å². The molecule has 0 bridgehead atoms. The van der Waals surface area contributed by atoms with E-state index in [9.17, 15) is 0 Å². The second-order valence-corrected chi connectivity index (χ2v) is 4.22. The molecule has 0 spiro atoms. The monoisotopic (exact) mass is 225 g/mol. The SMILES string of the molecule is Nc1c(Cc2cccs2)cnnc1Cl. The molecule has 0 aromatic carbocycles. The summed E-state index contributed by atoms with van der Waals surface area (Å²) >= 11 is 7.44. The van der Waals surface area contributed by atoms with Crippen molar-refractivity contribution < 1.29 is 0 Å². The Hall–Kier alpha value is -1.13. The summed E-state index contributed by atoms with van der Waals surface area (Å²) in [6.07, 6.45) is 2.42. The predicted molar refractivity (Wildman–Crippen MR) is 58.6 cm³/mol. The molecule has 2 aromatic rings. The summed E-state index contributed by atoms with van der Waals surface area (Å²) in [5, 5.41) is 9.74. The third-order valence-electron chi connectivity index (χ3n) is 1.87. The van der Waals surface area contributed by atoms with E-state index in [1.54, 1.807) is 17.5 Å². The van der Waals surface area contributed by atoms with Crippen molar-refractivity contribution in [1.82, 2.24) is 10.2 Å². The molecule has 5 heteroatoms. The lowest BCUT2D eigenvalue weighted by molar-refractivity contribution is 1.00. The quantitative estimate of drug-likeness (QED) is 0.854. The molecule has 0 saturated carbocycles. The van der Waals surface area contributed by atoms with Gasteiger partial charge in [-0.15, -0.1) is 16.4 Å². The molecule has 72 valence electrons. The molecule has 3 nitrogen and oxygen atoms in total. The van der Waals surface area contributed by atoms with Crippen LogP contribution < -0.4 is 5.73 Å². The van der Waals surface area contributed by atoms with Gasteiger partial charge < -0.3 is 5.73 Å². The number of aromatic nitrogens is 2. The molecule has 2 heterocycles. The maximum atomic E-state index is 5.77. The molecule has 0 aliphatic carbocycles. The van der Waals surface area contributed by atoms with E-state index in [0.717, 1.165) is 12.0 Å². The second kappa shape index (κ2) is 3.94. The lowest BCUT2D eigenvalue weighted by Crippen LogP contribution is -1.99. The molecule has 0 radical (unpaired) electrons. The molecule has 0 unspecified atom stereocenters. The minimum Gasteiger partial charge on any atom is -0.396 e. The molecule has 2 rings (SSSR count). The van der Waals surface area contributed by atoms with Gasteiger partial charge in [-0.05, 0) is 11.4 Å². The van der Waals surface area contributed by atoms with Gasteiger partial charge in [-0.3, -0.25) is 0 Å². The standard InChI is InChI=1S/C9H8ClN3S/c10-9-8(11)6(5-12-13-9)4-7-2-1-3-14-7/h1-3,5H,4H2,(H2,11,12). The van der Waals surface area contributed by atoms with Crippen LogP contribution in [-0.4, -0.2) is 10.2 Å². The van der Waals surface area contributed by atoms with Crippen molar-refractivity contribution in [3.05, 3.63) is 39.3 Å². The molecule has 0 saturated heterocycles. The van der Waals surface area contributed by atoms with Crippen molar-refractivity contribution in [1.29, 1.82) is 0 Å². The molecule has 0 aliphatic rings. The van der Waals surface area contributed by atoms with E-state index in [1.165, 1.54) is 4.88 Å². The van der Waals surface area contributed by atoms with Crippen molar-refractivity contribution >= 4 is 28.6 Å². The van der Waals surface area contributed by atoms with Crippen molar-refractivity contribution in [3.8, 4) is 0 Å². The summed E-state index contributed by atoms with van der Waals surface area (Å²) in [6, 6.07) is 4.06. The van der Waals surface area contributed by atoms with Gasteiger partial charge >= 0.3 is 0 Å². The van der Waals surface area contributed by atoms with E-state index in [0.29, 0.717) is 5.69 Å². The number of anilines is 1. The van der Waals surface area contributed by atoms with E-state index in [2.05, 4.69) is 16.3 Å². The van der Waals surface area contributed by atoms with Crippen LogP contribution in [0.25, 0.3) is 0 Å². The average Bonchev–Trinajstić information content (AvgIpc) is 2.66. The Labute approximate surface area is 90.5 Å². The Kier molecular flexibility index (Phi) is 2.65. The highest BCUT2D eigenvalue weighted by molar-refractivity contribution is 7.09. The van der Waals surface area contributed by atoms with Gasteiger partial charge in [0.25, 0.3) is 0 Å². The molecule has 2 aromatic heterocycles. The third-order valence-corrected chi connectivity index (χ3v) is 3.03. The number of nitrogen functional groups attached to an aromatic ring is 1. The van der Waals surface area contributed by atoms with Gasteiger partial charge in [0, 0.05) is 16.9 Å². The molecule has 2 N–H and O–H groups in total. The first kappa shape index (κ1) is 9.43. The van der Waals surface area contributed by atoms with Gasteiger partial charge in [0.05, 0.1) is 11.9 Å². The summed E-state index contributed by atoms with van der Waals surface area (Å²) in [6.45, 7) is 0. The highest BCUT2D eigenvalue weighted by atomic mass is 35.5. The zero-order valence-electron chi connectivity index (χ0n) is 7.27. The van der Waals surface area contributed by atoms with Crippen molar-refractivity contribution in [2.75, 3.05) is 5.73 Å². The van der Waals surface area contributed by atoms with Crippen LogP contribution >= 0.6 is 22.9 Å². The fourth-order valence-corrected chi connectivity index (χ4v) is 2.04. The van der Waals surface area contributed by atoms with E-state index in [-0.39, 0.29) is 5.15 Å². The fourth-order valence-electron chi connectivity index (χ4n) is 1.15. The first-order valence-electron chi connectivity index (χ1n) is 4.05. The van der Waals surface area contributed by atoms with Gasteiger partial charge in [-0.1, -0.05) is 17.7 Å². The largest absolute Gasteiger partial charge is 0.396 e. The number of thiophene rings is 1. The van der Waals surface area contributed by atoms with E-state index in [1.807, 2.05) is 11.4 Å². The summed E-state index contributed by atoms with van der Waals surface area (Å²) in [4.78, 5) is 1.24. The Morgan fingerprint density at radius 2 is 2.36 bits per heavy atom. The maximum Gasteiger partial charge on any atom is 0.174 e. The molecular formula is C9H8ClN3S. The zero-order valence-corrected chi connectivity index (χ0v) is 8.85. The van der Waals surface area contributed by atoms with Crippen LogP contribution in [0.2, 0.25) is 5.15 Å². The van der Waals surface area contributed by atoms with Crippen LogP contribution in [0, 0.1) is 0 Å². The number of halogens is 1. The topological polar surface area (TPSA) is 51.8 Å². The summed E-state index contributed by atoms with van der Waals surface area (Å²) in [7, 11) is 0. The number of nitrogens with zero attached hydrogens (tertiary/aromatic N) is 2. The van der Waals surface area contributed by atoms with Gasteiger partial charge in [-0.2, -0.15) is 5.10 Å². The van der Waals surface area contributed by atoms with Crippen LogP contribution in [-0.2, 0) is 6.42 Å². The number of hydrogen-bond acceptors (Lipinski definition) is 4. The van der Waals surface area contributed by atoms with Crippen LogP contribution in [0.15, 0.2) is 23.7 Å². The van der Waals surface area contributed by atoms with Crippen molar-refractivity contribution in [2.24, 2.45) is 0 Å². The lowest BCUT2D eigenvalue weighted by Gasteiger charge is -2.03. The Morgan fingerprint density at radius 3 is 3.07 bits per heavy atom. The van der Waals surface area contributed by atoms with Crippen LogP contribution in [0.3, 0.4) is 0 Å². The lowest BCUT2D eigenvalue weighted by atomic mass is 10.2. The van der Waals surface area contributed by atoms with Gasteiger partial charge in [0.15, 0.2) is 5.15 Å². The highest BCUT2D eigenvalue weighted by Crippen LogP contribution is 2.22. The number of nitrogens with two attached hydrogens (primary N) is 1. The third kappa shape index (κ3) is 1.86. The van der Waals surface area contributed by atoms with E-state index in [4.69, 9.17) is 17.3 Å². The normalized spacial score (nSPS) is 10.4. The minimum absolute atomic E-state index is 0.277. The molecule has 0 fully saturated rings. The summed E-state index contributed by atoms with van der Waals surface area (Å²) in [5.74, 6) is 0. The van der Waals surface area contributed by atoms with Crippen LogP contribution in [0.5, 0.6) is 0 Å².